The lowest BCUT2D eigenvalue weighted by molar-refractivity contribution is 0.0728. The zero-order valence-electron chi connectivity index (χ0n) is 17.9. The van der Waals surface area contributed by atoms with E-state index in [9.17, 15) is 4.79 Å². The fraction of sp³-hybridized carbons (Fsp3) is 0.200. The molecule has 1 aliphatic rings. The van der Waals surface area contributed by atoms with Crippen LogP contribution in [-0.4, -0.2) is 38.9 Å². The molecular weight excluding hydrogens is 420 g/mol. The standard InChI is InChI=1S/C25H22N4O2S/c1-14-9-21-24(32-14)12-22(28-21)25(30)29-7-8-31-23-6-4-16(10-18(23)13-29)17-3-5-19-20(11-17)27-15(2)26-19/h3-6,9-12,28H,7-8,13H2,1-2H3,(H,26,27). The number of nitrogens with one attached hydrogen (secondary N) is 2. The molecular formula is C25H22N4O2S. The van der Waals surface area contributed by atoms with E-state index in [2.05, 4.69) is 58.3 Å². The van der Waals surface area contributed by atoms with Gasteiger partial charge in [0.1, 0.15) is 23.9 Å². The molecule has 6 nitrogen and oxygen atoms in total. The Kier molecular flexibility index (Phi) is 4.33. The number of hydrogen-bond donors (Lipinski definition) is 2. The number of carbonyl (C=O) groups excluding carboxylic acids is 1. The van der Waals surface area contributed by atoms with Gasteiger partial charge >= 0.3 is 0 Å². The molecule has 0 bridgehead atoms. The van der Waals surface area contributed by atoms with Gasteiger partial charge in [-0.25, -0.2) is 4.98 Å². The smallest absolute Gasteiger partial charge is 0.270 e. The first-order valence-electron chi connectivity index (χ1n) is 10.6. The number of H-pyrrole nitrogens is 2. The summed E-state index contributed by atoms with van der Waals surface area (Å²) in [5, 5.41) is 0. The lowest BCUT2D eigenvalue weighted by atomic mass is 10.0. The predicted molar refractivity (Wildman–Crippen MR) is 127 cm³/mol. The maximum atomic E-state index is 13.3. The van der Waals surface area contributed by atoms with E-state index >= 15 is 0 Å². The van der Waals surface area contributed by atoms with Crippen LogP contribution in [0.3, 0.4) is 0 Å². The summed E-state index contributed by atoms with van der Waals surface area (Å²) in [7, 11) is 0. The number of hydrogen-bond acceptors (Lipinski definition) is 4. The molecule has 32 heavy (non-hydrogen) atoms. The number of benzene rings is 2. The molecule has 0 spiro atoms. The summed E-state index contributed by atoms with van der Waals surface area (Å²) in [5.74, 6) is 1.74. The summed E-state index contributed by atoms with van der Waals surface area (Å²) in [6.45, 7) is 5.57. The van der Waals surface area contributed by atoms with Gasteiger partial charge in [0.05, 0.1) is 27.8 Å². The summed E-state index contributed by atoms with van der Waals surface area (Å²) >= 11 is 1.70. The second kappa shape index (κ2) is 7.24. The van der Waals surface area contributed by atoms with Crippen molar-refractivity contribution in [1.82, 2.24) is 19.9 Å². The van der Waals surface area contributed by atoms with E-state index in [0.29, 0.717) is 25.4 Å². The van der Waals surface area contributed by atoms with Crippen molar-refractivity contribution in [3.8, 4) is 16.9 Å². The molecule has 6 rings (SSSR count). The Hall–Kier alpha value is -3.58. The number of aromatic nitrogens is 3. The number of aromatic amines is 2. The zero-order chi connectivity index (χ0) is 21.8. The Bertz CT molecular complexity index is 1460. The second-order valence-corrected chi connectivity index (χ2v) is 9.56. The van der Waals surface area contributed by atoms with Gasteiger partial charge in [0.2, 0.25) is 0 Å². The van der Waals surface area contributed by atoms with Crippen LogP contribution < -0.4 is 4.74 Å². The van der Waals surface area contributed by atoms with E-state index in [-0.39, 0.29) is 5.91 Å². The van der Waals surface area contributed by atoms with E-state index in [4.69, 9.17) is 4.74 Å². The highest BCUT2D eigenvalue weighted by Gasteiger charge is 2.23. The van der Waals surface area contributed by atoms with Crippen molar-refractivity contribution in [2.24, 2.45) is 0 Å². The van der Waals surface area contributed by atoms with Gasteiger partial charge in [-0.3, -0.25) is 4.79 Å². The van der Waals surface area contributed by atoms with Crippen molar-refractivity contribution in [2.45, 2.75) is 20.4 Å². The first kappa shape index (κ1) is 19.1. The number of aryl methyl sites for hydroxylation is 2. The average Bonchev–Trinajstić information content (AvgIpc) is 3.38. The molecule has 160 valence electrons. The van der Waals surface area contributed by atoms with Crippen molar-refractivity contribution >= 4 is 38.5 Å². The number of ether oxygens (including phenoxy) is 1. The van der Waals surface area contributed by atoms with Crippen LogP contribution in [0, 0.1) is 13.8 Å². The second-order valence-electron chi connectivity index (χ2n) is 8.27. The monoisotopic (exact) mass is 442 g/mol. The summed E-state index contributed by atoms with van der Waals surface area (Å²) < 4.78 is 7.08. The van der Waals surface area contributed by atoms with Crippen molar-refractivity contribution in [1.29, 1.82) is 0 Å². The van der Waals surface area contributed by atoms with Crippen LogP contribution in [0.1, 0.15) is 26.8 Å². The van der Waals surface area contributed by atoms with Crippen LogP contribution in [0.25, 0.3) is 32.4 Å². The molecule has 5 aromatic rings. The Morgan fingerprint density at radius 1 is 1.03 bits per heavy atom. The van der Waals surface area contributed by atoms with Crippen molar-refractivity contribution in [3.63, 3.8) is 0 Å². The van der Waals surface area contributed by atoms with Crippen molar-refractivity contribution in [3.05, 3.63) is 70.5 Å². The van der Waals surface area contributed by atoms with Crippen molar-refractivity contribution < 1.29 is 9.53 Å². The third kappa shape index (κ3) is 3.26. The van der Waals surface area contributed by atoms with E-state index < -0.39 is 0 Å². The van der Waals surface area contributed by atoms with Gasteiger partial charge in [-0.1, -0.05) is 12.1 Å². The van der Waals surface area contributed by atoms with Gasteiger partial charge in [0.15, 0.2) is 0 Å². The molecule has 2 aromatic carbocycles. The molecule has 0 fully saturated rings. The number of rotatable bonds is 2. The average molecular weight is 443 g/mol. The summed E-state index contributed by atoms with van der Waals surface area (Å²) in [4.78, 5) is 27.4. The third-order valence-electron chi connectivity index (χ3n) is 5.92. The van der Waals surface area contributed by atoms with Crippen LogP contribution in [0.15, 0.2) is 48.5 Å². The van der Waals surface area contributed by atoms with Gasteiger partial charge in [0, 0.05) is 17.0 Å². The van der Waals surface area contributed by atoms with E-state index in [1.54, 1.807) is 11.3 Å². The minimum absolute atomic E-state index is 0.00123. The van der Waals surface area contributed by atoms with Gasteiger partial charge < -0.3 is 19.6 Å². The van der Waals surface area contributed by atoms with Gasteiger partial charge in [-0.05, 0) is 61.4 Å². The molecule has 2 N–H and O–H groups in total. The molecule has 0 unspecified atom stereocenters. The van der Waals surface area contributed by atoms with Gasteiger partial charge in [-0.15, -0.1) is 11.3 Å². The molecule has 0 atom stereocenters. The molecule has 1 aliphatic heterocycles. The molecule has 0 saturated carbocycles. The van der Waals surface area contributed by atoms with Gasteiger partial charge in [-0.2, -0.15) is 0 Å². The number of imidazole rings is 1. The fourth-order valence-corrected chi connectivity index (χ4v) is 5.32. The Morgan fingerprint density at radius 3 is 2.75 bits per heavy atom. The molecule has 7 heteroatoms. The molecule has 4 heterocycles. The lowest BCUT2D eigenvalue weighted by Gasteiger charge is -2.19. The van der Waals surface area contributed by atoms with E-state index in [0.717, 1.165) is 49.5 Å². The fourth-order valence-electron chi connectivity index (χ4n) is 4.40. The van der Waals surface area contributed by atoms with E-state index in [1.165, 1.54) is 4.88 Å². The highest BCUT2D eigenvalue weighted by Crippen LogP contribution is 2.32. The lowest BCUT2D eigenvalue weighted by Crippen LogP contribution is -2.32. The van der Waals surface area contributed by atoms with Crippen LogP contribution in [0.5, 0.6) is 5.75 Å². The van der Waals surface area contributed by atoms with E-state index in [1.807, 2.05) is 24.0 Å². The predicted octanol–water partition coefficient (Wildman–Crippen LogP) is 5.42. The van der Waals surface area contributed by atoms with Crippen LogP contribution in [-0.2, 0) is 6.54 Å². The number of fused-ring (bicyclic) bond motifs is 3. The summed E-state index contributed by atoms with van der Waals surface area (Å²) in [6, 6.07) is 16.5. The Morgan fingerprint density at radius 2 is 1.88 bits per heavy atom. The summed E-state index contributed by atoms with van der Waals surface area (Å²) in [6.07, 6.45) is 0. The topological polar surface area (TPSA) is 74.0 Å². The number of nitrogens with zero attached hydrogens (tertiary/aromatic N) is 2. The normalized spacial score (nSPS) is 13.9. The SMILES string of the molecule is Cc1nc2cc(-c3ccc4c(c3)CN(C(=O)c3cc5sc(C)cc5[nH]3)CCO4)ccc2[nH]1. The maximum absolute atomic E-state index is 13.3. The van der Waals surface area contributed by atoms with Crippen molar-refractivity contribution in [2.75, 3.05) is 13.2 Å². The molecule has 1 amide bonds. The number of amides is 1. The maximum Gasteiger partial charge on any atom is 0.270 e. The quantitative estimate of drug-likeness (QED) is 0.383. The number of carbonyl (C=O) groups is 1. The largest absolute Gasteiger partial charge is 0.491 e. The minimum Gasteiger partial charge on any atom is -0.491 e. The Labute approximate surface area is 188 Å². The Balaban J connectivity index is 1.31. The van der Waals surface area contributed by atoms with Crippen LogP contribution in [0.4, 0.5) is 0 Å². The molecule has 0 saturated heterocycles. The molecule has 0 radical (unpaired) electrons. The number of thiophene rings is 1. The zero-order valence-corrected chi connectivity index (χ0v) is 18.7. The third-order valence-corrected chi connectivity index (χ3v) is 6.92. The highest BCUT2D eigenvalue weighted by molar-refractivity contribution is 7.19. The highest BCUT2D eigenvalue weighted by atomic mass is 32.1. The first-order chi connectivity index (χ1) is 15.5. The molecule has 0 aliphatic carbocycles. The minimum atomic E-state index is 0.00123. The van der Waals surface area contributed by atoms with Crippen LogP contribution >= 0.6 is 11.3 Å². The summed E-state index contributed by atoms with van der Waals surface area (Å²) in [5.41, 5.74) is 6.82. The van der Waals surface area contributed by atoms with Crippen LogP contribution in [0.2, 0.25) is 0 Å². The first-order valence-corrected chi connectivity index (χ1v) is 11.5. The molecule has 3 aromatic heterocycles. The van der Waals surface area contributed by atoms with Gasteiger partial charge in [0.25, 0.3) is 5.91 Å².